The number of aromatic nitrogens is 1. The number of rotatable bonds is 7. The normalized spacial score (nSPS) is 11.2. The second-order valence-electron chi connectivity index (χ2n) is 6.97. The highest BCUT2D eigenvalue weighted by molar-refractivity contribution is 6.31. The third kappa shape index (κ3) is 5.10. The van der Waals surface area contributed by atoms with Crippen LogP contribution in [0.2, 0.25) is 5.02 Å². The minimum Gasteiger partial charge on any atom is -0.376 e. The van der Waals surface area contributed by atoms with Crippen molar-refractivity contribution in [3.8, 4) is 0 Å². The minimum absolute atomic E-state index is 0.0250. The van der Waals surface area contributed by atoms with Crippen LogP contribution in [0.1, 0.15) is 11.1 Å². The van der Waals surface area contributed by atoms with Gasteiger partial charge in [0.05, 0.1) is 12.8 Å². The van der Waals surface area contributed by atoms with Crippen molar-refractivity contribution >= 4 is 40.3 Å². The number of carbonyl (C=O) groups excluding carboxylic acids is 1. The third-order valence-electron chi connectivity index (χ3n) is 4.81. The van der Waals surface area contributed by atoms with E-state index in [1.807, 2.05) is 54.7 Å². The molecule has 2 N–H and O–H groups in total. The van der Waals surface area contributed by atoms with Gasteiger partial charge in [-0.1, -0.05) is 48.0 Å². The Kier molecular flexibility index (Phi) is 6.29. The number of hydrogen-bond acceptors (Lipinski definition) is 3. The molecule has 0 unspecified atom stereocenters. The Bertz CT molecular complexity index is 1230. The van der Waals surface area contributed by atoms with Crippen LogP contribution in [0.15, 0.2) is 84.1 Å². The Balaban J connectivity index is 1.44. The van der Waals surface area contributed by atoms with Crippen molar-refractivity contribution in [2.45, 2.75) is 6.54 Å². The number of halogens is 2. The standard InChI is InChI=1S/C24H20ClFN4O/c25-22-7-3-1-5-17(22)15-30-16-18(21-6-2-4-8-23(21)30)13-28-29-24(31)14-27-20-11-9-19(26)10-12-20/h1-13,16,27H,14-15H2,(H,29,31)/b28-13-. The Morgan fingerprint density at radius 2 is 1.77 bits per heavy atom. The number of amides is 1. The maximum Gasteiger partial charge on any atom is 0.259 e. The molecule has 0 bridgehead atoms. The SMILES string of the molecule is O=C(CNc1ccc(F)cc1)N/N=C\c1cn(Cc2ccccc2Cl)c2ccccc12. The van der Waals surface area contributed by atoms with Crippen LogP contribution in [0.25, 0.3) is 10.9 Å². The lowest BCUT2D eigenvalue weighted by atomic mass is 10.2. The van der Waals surface area contributed by atoms with E-state index >= 15 is 0 Å². The quantitative estimate of drug-likeness (QED) is 0.316. The molecule has 0 radical (unpaired) electrons. The van der Waals surface area contributed by atoms with Gasteiger partial charge in [-0.05, 0) is 42.0 Å². The lowest BCUT2D eigenvalue weighted by molar-refractivity contribution is -0.119. The summed E-state index contributed by atoms with van der Waals surface area (Å²) >= 11 is 6.32. The molecule has 1 amide bonds. The van der Waals surface area contributed by atoms with Crippen LogP contribution in [0, 0.1) is 5.82 Å². The Hall–Kier alpha value is -3.64. The fourth-order valence-corrected chi connectivity index (χ4v) is 3.48. The number of carbonyl (C=O) groups is 1. The van der Waals surface area contributed by atoms with Crippen LogP contribution in [-0.2, 0) is 11.3 Å². The van der Waals surface area contributed by atoms with Crippen molar-refractivity contribution in [1.29, 1.82) is 0 Å². The highest BCUT2D eigenvalue weighted by atomic mass is 35.5. The number of nitrogens with one attached hydrogen (secondary N) is 2. The van der Waals surface area contributed by atoms with E-state index in [2.05, 4.69) is 20.4 Å². The highest BCUT2D eigenvalue weighted by Crippen LogP contribution is 2.23. The predicted molar refractivity (Wildman–Crippen MR) is 123 cm³/mol. The lowest BCUT2D eigenvalue weighted by Crippen LogP contribution is -2.25. The summed E-state index contributed by atoms with van der Waals surface area (Å²) in [5.41, 5.74) is 6.12. The van der Waals surface area contributed by atoms with E-state index in [0.29, 0.717) is 12.2 Å². The summed E-state index contributed by atoms with van der Waals surface area (Å²) < 4.78 is 15.0. The Morgan fingerprint density at radius 1 is 1.03 bits per heavy atom. The molecule has 5 nitrogen and oxygen atoms in total. The molecule has 1 aromatic heterocycles. The van der Waals surface area contributed by atoms with Gasteiger partial charge in [0, 0.05) is 39.9 Å². The maximum atomic E-state index is 12.9. The minimum atomic E-state index is -0.326. The Labute approximate surface area is 184 Å². The molecule has 156 valence electrons. The second-order valence-corrected chi connectivity index (χ2v) is 7.38. The first-order valence-electron chi connectivity index (χ1n) is 9.73. The fraction of sp³-hybridized carbons (Fsp3) is 0.0833. The number of para-hydroxylation sites is 1. The van der Waals surface area contributed by atoms with Gasteiger partial charge >= 0.3 is 0 Å². The third-order valence-corrected chi connectivity index (χ3v) is 5.18. The molecular formula is C24H20ClFN4O. The maximum absolute atomic E-state index is 12.9. The van der Waals surface area contributed by atoms with Crippen LogP contribution in [0.3, 0.4) is 0 Å². The highest BCUT2D eigenvalue weighted by Gasteiger charge is 2.09. The summed E-state index contributed by atoms with van der Waals surface area (Å²) in [6.45, 7) is 0.652. The van der Waals surface area contributed by atoms with Gasteiger partial charge in [-0.15, -0.1) is 0 Å². The van der Waals surface area contributed by atoms with E-state index in [1.165, 1.54) is 12.1 Å². The first-order chi connectivity index (χ1) is 15.1. The first-order valence-corrected chi connectivity index (χ1v) is 10.1. The van der Waals surface area contributed by atoms with E-state index in [0.717, 1.165) is 27.1 Å². The molecule has 3 aromatic carbocycles. The van der Waals surface area contributed by atoms with Gasteiger partial charge in [-0.3, -0.25) is 4.79 Å². The van der Waals surface area contributed by atoms with E-state index < -0.39 is 0 Å². The van der Waals surface area contributed by atoms with Crippen molar-refractivity contribution in [3.05, 3.63) is 101 Å². The van der Waals surface area contributed by atoms with Crippen molar-refractivity contribution in [2.75, 3.05) is 11.9 Å². The summed E-state index contributed by atoms with van der Waals surface area (Å²) in [6.07, 6.45) is 3.61. The van der Waals surface area contributed by atoms with Crippen LogP contribution < -0.4 is 10.7 Å². The van der Waals surface area contributed by atoms with E-state index in [-0.39, 0.29) is 18.3 Å². The van der Waals surface area contributed by atoms with Gasteiger partial charge in [0.2, 0.25) is 0 Å². The van der Waals surface area contributed by atoms with Gasteiger partial charge in [0.25, 0.3) is 5.91 Å². The number of benzene rings is 3. The summed E-state index contributed by atoms with van der Waals surface area (Å²) in [4.78, 5) is 12.0. The topological polar surface area (TPSA) is 58.4 Å². The van der Waals surface area contributed by atoms with E-state index in [4.69, 9.17) is 11.6 Å². The molecule has 0 aliphatic rings. The van der Waals surface area contributed by atoms with Gasteiger partial charge in [-0.25, -0.2) is 9.82 Å². The molecule has 0 atom stereocenters. The molecule has 0 saturated carbocycles. The van der Waals surface area contributed by atoms with Crippen molar-refractivity contribution < 1.29 is 9.18 Å². The average Bonchev–Trinajstić information content (AvgIpc) is 3.12. The first kappa shape index (κ1) is 20.6. The molecule has 1 heterocycles. The van der Waals surface area contributed by atoms with Crippen LogP contribution in [-0.4, -0.2) is 23.2 Å². The molecule has 0 saturated heterocycles. The van der Waals surface area contributed by atoms with Gasteiger partial charge in [-0.2, -0.15) is 5.10 Å². The smallest absolute Gasteiger partial charge is 0.259 e. The largest absolute Gasteiger partial charge is 0.376 e. The van der Waals surface area contributed by atoms with E-state index in [1.54, 1.807) is 18.3 Å². The van der Waals surface area contributed by atoms with Crippen molar-refractivity contribution in [1.82, 2.24) is 9.99 Å². The zero-order chi connectivity index (χ0) is 21.6. The van der Waals surface area contributed by atoms with Crippen molar-refractivity contribution in [2.24, 2.45) is 5.10 Å². The van der Waals surface area contributed by atoms with E-state index in [9.17, 15) is 9.18 Å². The number of hydrogen-bond donors (Lipinski definition) is 2. The summed E-state index contributed by atoms with van der Waals surface area (Å²) in [5.74, 6) is -0.631. The average molecular weight is 435 g/mol. The van der Waals surface area contributed by atoms with Crippen LogP contribution in [0.5, 0.6) is 0 Å². The molecule has 4 aromatic rings. The molecule has 0 spiro atoms. The fourth-order valence-electron chi connectivity index (χ4n) is 3.28. The monoisotopic (exact) mass is 434 g/mol. The van der Waals surface area contributed by atoms with Gasteiger partial charge < -0.3 is 9.88 Å². The number of fused-ring (bicyclic) bond motifs is 1. The van der Waals surface area contributed by atoms with Crippen LogP contribution in [0.4, 0.5) is 10.1 Å². The zero-order valence-electron chi connectivity index (χ0n) is 16.6. The predicted octanol–water partition coefficient (Wildman–Crippen LogP) is 5.04. The lowest BCUT2D eigenvalue weighted by Gasteiger charge is -2.07. The van der Waals surface area contributed by atoms with Gasteiger partial charge in [0.1, 0.15) is 5.82 Å². The zero-order valence-corrected chi connectivity index (χ0v) is 17.3. The molecule has 7 heteroatoms. The Morgan fingerprint density at radius 3 is 2.58 bits per heavy atom. The number of hydrazone groups is 1. The number of anilines is 1. The molecular weight excluding hydrogens is 415 g/mol. The summed E-state index contributed by atoms with van der Waals surface area (Å²) in [5, 5.41) is 8.75. The number of nitrogens with zero attached hydrogens (tertiary/aromatic N) is 2. The van der Waals surface area contributed by atoms with Gasteiger partial charge in [0.15, 0.2) is 0 Å². The molecule has 0 aliphatic heterocycles. The van der Waals surface area contributed by atoms with Crippen molar-refractivity contribution in [3.63, 3.8) is 0 Å². The molecule has 0 aliphatic carbocycles. The molecule has 31 heavy (non-hydrogen) atoms. The molecule has 4 rings (SSSR count). The summed E-state index contributed by atoms with van der Waals surface area (Å²) in [7, 11) is 0. The second kappa shape index (κ2) is 9.45. The van der Waals surface area contributed by atoms with Crippen LogP contribution >= 0.6 is 11.6 Å². The summed E-state index contributed by atoms with van der Waals surface area (Å²) in [6, 6.07) is 21.5. The molecule has 0 fully saturated rings.